The molecule has 0 radical (unpaired) electrons. The maximum absolute atomic E-state index is 5.94. The quantitative estimate of drug-likeness (QED) is 0.641. The van der Waals surface area contributed by atoms with Gasteiger partial charge in [0.2, 0.25) is 0 Å². The van der Waals surface area contributed by atoms with Gasteiger partial charge in [0.1, 0.15) is 0 Å². The first-order chi connectivity index (χ1) is 9.31. The predicted octanol–water partition coefficient (Wildman–Crippen LogP) is 4.20. The second-order valence-corrected chi connectivity index (χ2v) is 5.70. The zero-order chi connectivity index (χ0) is 12.8. The van der Waals surface area contributed by atoms with E-state index in [2.05, 4.69) is 54.6 Å². The Morgan fingerprint density at radius 2 is 1.47 bits per heavy atom. The molecule has 1 fully saturated rings. The van der Waals surface area contributed by atoms with E-state index in [1.807, 2.05) is 0 Å². The molecule has 1 aliphatic rings. The van der Waals surface area contributed by atoms with Gasteiger partial charge in [-0.2, -0.15) is 0 Å². The fourth-order valence-corrected chi connectivity index (χ4v) is 3.26. The van der Waals surface area contributed by atoms with Crippen LogP contribution in [0.3, 0.4) is 0 Å². The molecule has 1 nitrogen and oxygen atoms in total. The highest BCUT2D eigenvalue weighted by atomic mass is 14.7. The predicted molar refractivity (Wildman–Crippen MR) is 81.4 cm³/mol. The molecule has 1 saturated carbocycles. The van der Waals surface area contributed by atoms with E-state index in [0.29, 0.717) is 12.0 Å². The molecule has 0 bridgehead atoms. The first-order valence-electron chi connectivity index (χ1n) is 6.98. The zero-order valence-electron chi connectivity index (χ0n) is 10.8. The van der Waals surface area contributed by atoms with Crippen LogP contribution in [0.25, 0.3) is 21.5 Å². The lowest BCUT2D eigenvalue weighted by molar-refractivity contribution is 0.353. The van der Waals surface area contributed by atoms with Gasteiger partial charge in [0.25, 0.3) is 0 Å². The Morgan fingerprint density at radius 1 is 0.789 bits per heavy atom. The summed E-state index contributed by atoms with van der Waals surface area (Å²) in [4.78, 5) is 0. The van der Waals surface area contributed by atoms with Crippen LogP contribution in [0.4, 0.5) is 0 Å². The Hall–Kier alpha value is -1.86. The van der Waals surface area contributed by atoms with Crippen molar-refractivity contribution in [3.63, 3.8) is 0 Å². The second-order valence-electron chi connectivity index (χ2n) is 5.70. The Morgan fingerprint density at radius 3 is 2.21 bits per heavy atom. The molecule has 4 rings (SSSR count). The van der Waals surface area contributed by atoms with Gasteiger partial charge in [0.15, 0.2) is 0 Å². The summed E-state index contributed by atoms with van der Waals surface area (Å²) in [6, 6.07) is 20.3. The maximum atomic E-state index is 5.94. The van der Waals surface area contributed by atoms with Crippen LogP contribution in [0, 0.1) is 0 Å². The molecule has 0 spiro atoms. The van der Waals surface area contributed by atoms with Crippen molar-refractivity contribution in [2.75, 3.05) is 0 Å². The highest BCUT2D eigenvalue weighted by molar-refractivity contribution is 5.99. The van der Waals surface area contributed by atoms with E-state index in [0.717, 1.165) is 12.8 Å². The van der Waals surface area contributed by atoms with Crippen molar-refractivity contribution in [2.45, 2.75) is 24.8 Å². The minimum absolute atomic E-state index is 0.403. The molecule has 0 saturated heterocycles. The van der Waals surface area contributed by atoms with Gasteiger partial charge in [-0.1, -0.05) is 42.5 Å². The monoisotopic (exact) mass is 247 g/mol. The van der Waals surface area contributed by atoms with E-state index in [9.17, 15) is 0 Å². The lowest BCUT2D eigenvalue weighted by atomic mass is 9.75. The Kier molecular flexibility index (Phi) is 2.36. The third-order valence-electron chi connectivity index (χ3n) is 4.39. The molecule has 3 aromatic rings. The van der Waals surface area contributed by atoms with Crippen molar-refractivity contribution in [2.24, 2.45) is 5.73 Å². The Labute approximate surface area is 113 Å². The van der Waals surface area contributed by atoms with Crippen molar-refractivity contribution < 1.29 is 0 Å². The van der Waals surface area contributed by atoms with Gasteiger partial charge in [-0.05, 0) is 58.0 Å². The van der Waals surface area contributed by atoms with Crippen molar-refractivity contribution in [3.8, 4) is 0 Å². The SMILES string of the molecule is NC1CC(c2cccc3cc4ccccc4cc23)C1. The van der Waals surface area contributed by atoms with Crippen LogP contribution in [0.5, 0.6) is 0 Å². The fourth-order valence-electron chi connectivity index (χ4n) is 3.26. The molecule has 0 amide bonds. The molecule has 0 aliphatic heterocycles. The second kappa shape index (κ2) is 4.07. The van der Waals surface area contributed by atoms with Crippen molar-refractivity contribution in [3.05, 3.63) is 60.2 Å². The summed E-state index contributed by atoms with van der Waals surface area (Å²) in [5, 5.41) is 5.39. The summed E-state index contributed by atoms with van der Waals surface area (Å²) in [6.45, 7) is 0. The van der Waals surface area contributed by atoms with Crippen LogP contribution in [0.1, 0.15) is 24.3 Å². The molecule has 3 aromatic carbocycles. The molecule has 0 unspecified atom stereocenters. The zero-order valence-corrected chi connectivity index (χ0v) is 10.8. The number of hydrogen-bond acceptors (Lipinski definition) is 1. The molecule has 1 heteroatoms. The van der Waals surface area contributed by atoms with Gasteiger partial charge in [-0.15, -0.1) is 0 Å². The Bertz CT molecular complexity index is 754. The van der Waals surface area contributed by atoms with E-state index < -0.39 is 0 Å². The summed E-state index contributed by atoms with van der Waals surface area (Å²) in [5.41, 5.74) is 7.42. The highest BCUT2D eigenvalue weighted by Crippen LogP contribution is 2.39. The van der Waals surface area contributed by atoms with E-state index in [1.54, 1.807) is 0 Å². The molecule has 2 N–H and O–H groups in total. The van der Waals surface area contributed by atoms with Gasteiger partial charge in [-0.25, -0.2) is 0 Å². The summed E-state index contributed by atoms with van der Waals surface area (Å²) >= 11 is 0. The lowest BCUT2D eigenvalue weighted by Crippen LogP contribution is -2.34. The average Bonchev–Trinajstić information content (AvgIpc) is 2.41. The van der Waals surface area contributed by atoms with Crippen molar-refractivity contribution in [1.82, 2.24) is 0 Å². The van der Waals surface area contributed by atoms with E-state index in [4.69, 9.17) is 5.73 Å². The third-order valence-corrected chi connectivity index (χ3v) is 4.39. The number of rotatable bonds is 1. The van der Waals surface area contributed by atoms with Gasteiger partial charge in [0, 0.05) is 6.04 Å². The summed E-state index contributed by atoms with van der Waals surface area (Å²) in [5.74, 6) is 0.653. The van der Waals surface area contributed by atoms with Gasteiger partial charge >= 0.3 is 0 Å². The minimum atomic E-state index is 0.403. The normalized spacial score (nSPS) is 22.6. The van der Waals surface area contributed by atoms with Crippen LogP contribution >= 0.6 is 0 Å². The minimum Gasteiger partial charge on any atom is -0.328 e. The van der Waals surface area contributed by atoms with Gasteiger partial charge < -0.3 is 5.73 Å². The first-order valence-corrected chi connectivity index (χ1v) is 6.98. The van der Waals surface area contributed by atoms with Crippen LogP contribution in [0.2, 0.25) is 0 Å². The van der Waals surface area contributed by atoms with Crippen LogP contribution in [-0.2, 0) is 0 Å². The van der Waals surface area contributed by atoms with E-state index in [1.165, 1.54) is 27.1 Å². The van der Waals surface area contributed by atoms with Crippen molar-refractivity contribution in [1.29, 1.82) is 0 Å². The first kappa shape index (κ1) is 11.0. The van der Waals surface area contributed by atoms with Gasteiger partial charge in [0.05, 0.1) is 0 Å². The van der Waals surface area contributed by atoms with E-state index >= 15 is 0 Å². The number of nitrogens with two attached hydrogens (primary N) is 1. The molecule has 0 atom stereocenters. The van der Waals surface area contributed by atoms with Crippen LogP contribution < -0.4 is 5.73 Å². The molecule has 0 aromatic heterocycles. The molecule has 19 heavy (non-hydrogen) atoms. The maximum Gasteiger partial charge on any atom is 0.00505 e. The standard InChI is InChI=1S/C18H17N/c19-16-9-15(10-16)17-7-3-6-14-8-12-4-1-2-5-13(12)11-18(14)17/h1-8,11,15-16H,9-10,19H2. The molecular formula is C18H17N. The lowest BCUT2D eigenvalue weighted by Gasteiger charge is -2.33. The summed E-state index contributed by atoms with van der Waals surface area (Å²) < 4.78 is 0. The molecule has 1 aliphatic carbocycles. The molecular weight excluding hydrogens is 230 g/mol. The largest absolute Gasteiger partial charge is 0.328 e. The molecule has 0 heterocycles. The van der Waals surface area contributed by atoms with Crippen molar-refractivity contribution >= 4 is 21.5 Å². The average molecular weight is 247 g/mol. The van der Waals surface area contributed by atoms with Crippen LogP contribution in [0.15, 0.2) is 54.6 Å². The number of benzene rings is 3. The molecule has 94 valence electrons. The summed E-state index contributed by atoms with van der Waals surface area (Å²) in [7, 11) is 0. The van der Waals surface area contributed by atoms with E-state index in [-0.39, 0.29) is 0 Å². The third kappa shape index (κ3) is 1.73. The van der Waals surface area contributed by atoms with Crippen LogP contribution in [-0.4, -0.2) is 6.04 Å². The fraction of sp³-hybridized carbons (Fsp3) is 0.222. The van der Waals surface area contributed by atoms with Gasteiger partial charge in [-0.3, -0.25) is 0 Å². The summed E-state index contributed by atoms with van der Waals surface area (Å²) in [6.07, 6.45) is 2.26. The topological polar surface area (TPSA) is 26.0 Å². The number of hydrogen-bond donors (Lipinski definition) is 1. The highest BCUT2D eigenvalue weighted by Gasteiger charge is 2.28. The number of fused-ring (bicyclic) bond motifs is 2. The smallest absolute Gasteiger partial charge is 0.00505 e. The Balaban J connectivity index is 1.96.